The smallest absolute Gasteiger partial charge is 0.336 e. The van der Waals surface area contributed by atoms with E-state index in [1.807, 2.05) is 17.9 Å². The highest BCUT2D eigenvalue weighted by molar-refractivity contribution is 5.82. The Kier molecular flexibility index (Phi) is 4.37. The minimum atomic E-state index is -0.384. The maximum absolute atomic E-state index is 12.3. The van der Waals surface area contributed by atoms with Gasteiger partial charge in [0.25, 0.3) is 5.91 Å². The largest absolute Gasteiger partial charge is 0.484 e. The third kappa shape index (κ3) is 3.38. The second-order valence-electron chi connectivity index (χ2n) is 6.13. The zero-order valence-corrected chi connectivity index (χ0v) is 13.5. The number of aryl methyl sites for hydroxylation is 1. The van der Waals surface area contributed by atoms with Crippen molar-refractivity contribution in [3.63, 3.8) is 0 Å². The number of ether oxygens (including phenoxy) is 1. The minimum absolute atomic E-state index is 0.00277. The minimum Gasteiger partial charge on any atom is -0.484 e. The fourth-order valence-electron chi connectivity index (χ4n) is 3.09. The number of carbonyl (C=O) groups is 1. The van der Waals surface area contributed by atoms with Gasteiger partial charge >= 0.3 is 5.63 Å². The summed E-state index contributed by atoms with van der Waals surface area (Å²) in [4.78, 5) is 25.6. The summed E-state index contributed by atoms with van der Waals surface area (Å²) in [5.74, 6) is 0.534. The monoisotopic (exact) mass is 315 g/mol. The van der Waals surface area contributed by atoms with Gasteiger partial charge in [-0.3, -0.25) is 4.79 Å². The molecule has 1 aromatic carbocycles. The van der Waals surface area contributed by atoms with Crippen LogP contribution in [0.4, 0.5) is 0 Å². The lowest BCUT2D eigenvalue weighted by Gasteiger charge is -2.33. The molecule has 0 unspecified atom stereocenters. The van der Waals surface area contributed by atoms with Gasteiger partial charge in [-0.05, 0) is 50.8 Å². The Balaban J connectivity index is 1.72. The maximum atomic E-state index is 12.3. The number of likely N-dealkylation sites (tertiary alicyclic amines) is 1. The lowest BCUT2D eigenvalue weighted by atomic mass is 10.0. The number of hydrogen-bond acceptors (Lipinski definition) is 4. The highest BCUT2D eigenvalue weighted by Crippen LogP contribution is 2.22. The number of hydrogen-bond donors (Lipinski definition) is 0. The first-order chi connectivity index (χ1) is 11.0. The number of benzene rings is 1. The Morgan fingerprint density at radius 2 is 2.17 bits per heavy atom. The molecule has 2 aromatic rings. The number of nitrogens with zero attached hydrogens (tertiary/aromatic N) is 1. The molecule has 5 heteroatoms. The first-order valence-electron chi connectivity index (χ1n) is 8.01. The summed E-state index contributed by atoms with van der Waals surface area (Å²) in [7, 11) is 0. The molecule has 0 N–H and O–H groups in total. The first-order valence-corrected chi connectivity index (χ1v) is 8.01. The Bertz CT molecular complexity index is 780. The van der Waals surface area contributed by atoms with Crippen LogP contribution in [0.5, 0.6) is 5.75 Å². The van der Waals surface area contributed by atoms with Crippen molar-refractivity contribution >= 4 is 16.9 Å². The lowest BCUT2D eigenvalue weighted by Crippen LogP contribution is -2.44. The average molecular weight is 315 g/mol. The molecule has 1 aromatic heterocycles. The van der Waals surface area contributed by atoms with Gasteiger partial charge in [0, 0.05) is 30.1 Å². The van der Waals surface area contributed by atoms with E-state index in [0.29, 0.717) is 11.3 Å². The summed E-state index contributed by atoms with van der Waals surface area (Å²) >= 11 is 0. The fourth-order valence-corrected chi connectivity index (χ4v) is 3.09. The highest BCUT2D eigenvalue weighted by Gasteiger charge is 2.23. The van der Waals surface area contributed by atoms with E-state index >= 15 is 0 Å². The quantitative estimate of drug-likeness (QED) is 0.817. The van der Waals surface area contributed by atoms with Gasteiger partial charge < -0.3 is 14.1 Å². The maximum Gasteiger partial charge on any atom is 0.336 e. The van der Waals surface area contributed by atoms with E-state index in [1.54, 1.807) is 12.1 Å². The third-order valence-electron chi connectivity index (χ3n) is 4.41. The van der Waals surface area contributed by atoms with E-state index in [0.717, 1.165) is 30.3 Å². The van der Waals surface area contributed by atoms with Crippen LogP contribution in [0.2, 0.25) is 0 Å². The van der Waals surface area contributed by atoms with Crippen LogP contribution in [-0.4, -0.2) is 30.0 Å². The molecule has 1 amide bonds. The SMILES string of the molecule is Cc1cc(=O)oc2cc(OCC(=O)N3CCCC[C@@H]3C)ccc12. The Hall–Kier alpha value is -2.30. The summed E-state index contributed by atoms with van der Waals surface area (Å²) in [6.45, 7) is 4.74. The summed E-state index contributed by atoms with van der Waals surface area (Å²) < 4.78 is 10.8. The van der Waals surface area contributed by atoms with Crippen molar-refractivity contribution in [1.29, 1.82) is 0 Å². The molecule has 3 rings (SSSR count). The molecule has 1 fully saturated rings. The molecule has 0 aliphatic carbocycles. The van der Waals surface area contributed by atoms with E-state index in [4.69, 9.17) is 9.15 Å². The lowest BCUT2D eigenvalue weighted by molar-refractivity contribution is -0.136. The molecule has 5 nitrogen and oxygen atoms in total. The van der Waals surface area contributed by atoms with Gasteiger partial charge in [0.1, 0.15) is 11.3 Å². The third-order valence-corrected chi connectivity index (χ3v) is 4.41. The number of carbonyl (C=O) groups excluding carboxylic acids is 1. The van der Waals surface area contributed by atoms with Crippen molar-refractivity contribution in [1.82, 2.24) is 4.90 Å². The Morgan fingerprint density at radius 1 is 1.35 bits per heavy atom. The van der Waals surface area contributed by atoms with Gasteiger partial charge in [-0.1, -0.05) is 0 Å². The summed E-state index contributed by atoms with van der Waals surface area (Å²) in [6.07, 6.45) is 3.28. The van der Waals surface area contributed by atoms with Crippen LogP contribution in [0.25, 0.3) is 11.0 Å². The van der Waals surface area contributed by atoms with Crippen LogP contribution in [0.3, 0.4) is 0 Å². The summed E-state index contributed by atoms with van der Waals surface area (Å²) in [6, 6.07) is 7.04. The molecule has 23 heavy (non-hydrogen) atoms. The Morgan fingerprint density at radius 3 is 2.96 bits per heavy atom. The molecule has 1 aliphatic heterocycles. The molecule has 122 valence electrons. The van der Waals surface area contributed by atoms with E-state index in [2.05, 4.69) is 6.92 Å². The van der Waals surface area contributed by atoms with E-state index in [9.17, 15) is 9.59 Å². The molecular formula is C18H21NO4. The normalized spacial score (nSPS) is 18.2. The second-order valence-corrected chi connectivity index (χ2v) is 6.13. The standard InChI is InChI=1S/C18H21NO4/c1-12-9-18(21)23-16-10-14(6-7-15(12)16)22-11-17(20)19-8-4-3-5-13(19)2/h6-7,9-10,13H,3-5,8,11H2,1-2H3/t13-/m0/s1. The van der Waals surface area contributed by atoms with Gasteiger partial charge in [-0.15, -0.1) is 0 Å². The fraction of sp³-hybridized carbons (Fsp3) is 0.444. The van der Waals surface area contributed by atoms with E-state index in [1.165, 1.54) is 12.5 Å². The van der Waals surface area contributed by atoms with Crippen LogP contribution in [-0.2, 0) is 4.79 Å². The number of fused-ring (bicyclic) bond motifs is 1. The van der Waals surface area contributed by atoms with Crippen molar-refractivity contribution in [3.8, 4) is 5.75 Å². The van der Waals surface area contributed by atoms with Gasteiger partial charge in [-0.2, -0.15) is 0 Å². The number of amides is 1. The van der Waals surface area contributed by atoms with E-state index in [-0.39, 0.29) is 24.2 Å². The molecule has 0 spiro atoms. The van der Waals surface area contributed by atoms with Gasteiger partial charge in [0.15, 0.2) is 6.61 Å². The molecular weight excluding hydrogens is 294 g/mol. The van der Waals surface area contributed by atoms with Crippen LogP contribution in [0.15, 0.2) is 33.5 Å². The predicted octanol–water partition coefficient (Wildman–Crippen LogP) is 2.88. The van der Waals surface area contributed by atoms with Crippen molar-refractivity contribution in [2.45, 2.75) is 39.2 Å². The molecule has 1 saturated heterocycles. The van der Waals surface area contributed by atoms with Crippen molar-refractivity contribution < 1.29 is 13.9 Å². The summed E-state index contributed by atoms with van der Waals surface area (Å²) in [5.41, 5.74) is 0.956. The molecule has 0 radical (unpaired) electrons. The van der Waals surface area contributed by atoms with Crippen molar-refractivity contribution in [2.75, 3.05) is 13.2 Å². The first kappa shape index (κ1) is 15.6. The predicted molar refractivity (Wildman–Crippen MR) is 87.7 cm³/mol. The van der Waals surface area contributed by atoms with Crippen LogP contribution in [0, 0.1) is 6.92 Å². The Labute approximate surface area is 134 Å². The number of rotatable bonds is 3. The van der Waals surface area contributed by atoms with Gasteiger partial charge in [-0.25, -0.2) is 4.79 Å². The van der Waals surface area contributed by atoms with Gasteiger partial charge in [0.05, 0.1) is 0 Å². The van der Waals surface area contributed by atoms with Crippen LogP contribution in [0.1, 0.15) is 31.7 Å². The number of piperidine rings is 1. The zero-order valence-electron chi connectivity index (χ0n) is 13.5. The topological polar surface area (TPSA) is 59.8 Å². The van der Waals surface area contributed by atoms with Crippen molar-refractivity contribution in [2.24, 2.45) is 0 Å². The van der Waals surface area contributed by atoms with Crippen LogP contribution >= 0.6 is 0 Å². The van der Waals surface area contributed by atoms with E-state index < -0.39 is 0 Å². The highest BCUT2D eigenvalue weighted by atomic mass is 16.5. The molecule has 0 bridgehead atoms. The molecule has 2 heterocycles. The zero-order chi connectivity index (χ0) is 16.4. The summed E-state index contributed by atoms with van der Waals surface area (Å²) in [5, 5.41) is 0.868. The van der Waals surface area contributed by atoms with Gasteiger partial charge in [0.2, 0.25) is 0 Å². The molecule has 1 atom stereocenters. The molecule has 0 saturated carbocycles. The van der Waals surface area contributed by atoms with Crippen LogP contribution < -0.4 is 10.4 Å². The second kappa shape index (κ2) is 6.44. The van der Waals surface area contributed by atoms with Crippen molar-refractivity contribution in [3.05, 3.63) is 40.2 Å². The average Bonchev–Trinajstić information content (AvgIpc) is 2.52. The molecule has 1 aliphatic rings.